The molecular weight excluding hydrogens is 336 g/mol. The third kappa shape index (κ3) is 1.77. The van der Waals surface area contributed by atoms with Crippen molar-refractivity contribution in [1.29, 1.82) is 0 Å². The smallest absolute Gasteiger partial charge is 0.175 e. The van der Waals surface area contributed by atoms with Crippen molar-refractivity contribution < 1.29 is 14.3 Å². The van der Waals surface area contributed by atoms with E-state index < -0.39 is 0 Å². The summed E-state index contributed by atoms with van der Waals surface area (Å²) in [6, 6.07) is 0. The van der Waals surface area contributed by atoms with Gasteiger partial charge >= 0.3 is 0 Å². The molecule has 5 saturated carbocycles. The predicted octanol–water partition coefficient (Wildman–Crippen LogP) is 4.83. The Morgan fingerprint density at radius 1 is 0.963 bits per heavy atom. The first kappa shape index (κ1) is 17.4. The quantitative estimate of drug-likeness (QED) is 0.651. The zero-order valence-electron chi connectivity index (χ0n) is 17.3. The van der Waals surface area contributed by atoms with Gasteiger partial charge in [-0.15, -0.1) is 0 Å². The van der Waals surface area contributed by atoms with E-state index in [0.29, 0.717) is 22.2 Å². The molecule has 0 unspecified atom stereocenters. The highest BCUT2D eigenvalue weighted by Gasteiger charge is 2.83. The van der Waals surface area contributed by atoms with Crippen LogP contribution in [-0.2, 0) is 14.3 Å². The third-order valence-electron chi connectivity index (χ3n) is 11.3. The molecule has 1 aliphatic heterocycles. The molecule has 1 saturated heterocycles. The molecular formula is C24H36O3. The van der Waals surface area contributed by atoms with Crippen molar-refractivity contribution in [3.63, 3.8) is 0 Å². The fraction of sp³-hybridized carbons (Fsp3) is 0.958. The van der Waals surface area contributed by atoms with E-state index in [1.807, 2.05) is 0 Å². The number of hydrogen-bond acceptors (Lipinski definition) is 3. The first-order valence-corrected chi connectivity index (χ1v) is 11.7. The Balaban J connectivity index is 1.41. The van der Waals surface area contributed by atoms with Crippen LogP contribution in [-0.4, -0.2) is 25.3 Å². The van der Waals surface area contributed by atoms with E-state index in [0.717, 1.165) is 43.3 Å². The molecule has 0 aromatic rings. The fourth-order valence-corrected chi connectivity index (χ4v) is 10.2. The lowest BCUT2D eigenvalue weighted by molar-refractivity contribution is -0.294. The van der Waals surface area contributed by atoms with E-state index in [9.17, 15) is 4.79 Å². The lowest BCUT2D eigenvalue weighted by Gasteiger charge is -2.63. The van der Waals surface area contributed by atoms with E-state index in [2.05, 4.69) is 20.8 Å². The van der Waals surface area contributed by atoms with E-state index in [1.54, 1.807) is 0 Å². The standard InChI is InChI=1S/C24H36O3/c1-15(14-25)18-4-5-19-17-13-24(26-10-11-27-24)23-12-16(23)6-9-22(23,3)20(17)7-8-21(18,19)2/h14-20H,4-13H2,1-3H3/t15-,16+,17+,18-,19+,20+,21-,22-,23-/m1/s1. The molecule has 2 spiro atoms. The SMILES string of the molecule is C[C@H](C=O)[C@H]1CC[C@H]2[C@@H]3CC4(OCCO4)[C@]45C[C@@H]4CC[C@]5(C)[C@H]3CC[C@]12C. The normalized spacial score (nSPS) is 58.3. The highest BCUT2D eigenvalue weighted by atomic mass is 16.7. The van der Waals surface area contributed by atoms with Crippen LogP contribution in [0.1, 0.15) is 72.1 Å². The summed E-state index contributed by atoms with van der Waals surface area (Å²) in [7, 11) is 0. The molecule has 6 rings (SSSR count). The average molecular weight is 373 g/mol. The fourth-order valence-electron chi connectivity index (χ4n) is 10.2. The molecule has 9 atom stereocenters. The molecule has 6 fully saturated rings. The van der Waals surface area contributed by atoms with Crippen LogP contribution in [0, 0.1) is 51.8 Å². The molecule has 1 heterocycles. The molecule has 0 bridgehead atoms. The first-order valence-electron chi connectivity index (χ1n) is 11.7. The summed E-state index contributed by atoms with van der Waals surface area (Å²) in [6.07, 6.45) is 11.7. The maximum atomic E-state index is 11.6. The van der Waals surface area contributed by atoms with Crippen LogP contribution < -0.4 is 0 Å². The molecule has 0 amide bonds. The predicted molar refractivity (Wildman–Crippen MR) is 103 cm³/mol. The van der Waals surface area contributed by atoms with Crippen molar-refractivity contribution in [2.45, 2.75) is 77.9 Å². The van der Waals surface area contributed by atoms with Gasteiger partial charge in [-0.05, 0) is 85.4 Å². The Morgan fingerprint density at radius 3 is 2.44 bits per heavy atom. The topological polar surface area (TPSA) is 35.5 Å². The largest absolute Gasteiger partial charge is 0.347 e. The van der Waals surface area contributed by atoms with Gasteiger partial charge in [0.15, 0.2) is 5.79 Å². The Kier molecular flexibility index (Phi) is 3.36. The number of aldehydes is 1. The second kappa shape index (κ2) is 5.19. The number of rotatable bonds is 2. The number of ether oxygens (including phenoxy) is 2. The third-order valence-corrected chi connectivity index (χ3v) is 11.3. The van der Waals surface area contributed by atoms with Crippen LogP contribution in [0.4, 0.5) is 0 Å². The zero-order chi connectivity index (χ0) is 18.7. The average Bonchev–Trinajstić information content (AvgIpc) is 2.93. The summed E-state index contributed by atoms with van der Waals surface area (Å²) in [4.78, 5) is 11.6. The summed E-state index contributed by atoms with van der Waals surface area (Å²) in [5.74, 6) is 3.66. The molecule has 150 valence electrons. The lowest BCUT2D eigenvalue weighted by Crippen LogP contribution is -2.62. The summed E-state index contributed by atoms with van der Waals surface area (Å²) >= 11 is 0. The van der Waals surface area contributed by atoms with E-state index in [-0.39, 0.29) is 11.7 Å². The number of hydrogen-bond donors (Lipinski definition) is 0. The van der Waals surface area contributed by atoms with Gasteiger partial charge in [-0.3, -0.25) is 0 Å². The van der Waals surface area contributed by atoms with Gasteiger partial charge in [0.2, 0.25) is 0 Å². The monoisotopic (exact) mass is 372 g/mol. The summed E-state index contributed by atoms with van der Waals surface area (Å²) < 4.78 is 13.1. The van der Waals surface area contributed by atoms with Gasteiger partial charge in [-0.1, -0.05) is 20.8 Å². The van der Waals surface area contributed by atoms with E-state index >= 15 is 0 Å². The number of carbonyl (C=O) groups is 1. The zero-order valence-corrected chi connectivity index (χ0v) is 17.3. The Morgan fingerprint density at radius 2 is 1.74 bits per heavy atom. The van der Waals surface area contributed by atoms with E-state index in [4.69, 9.17) is 9.47 Å². The van der Waals surface area contributed by atoms with Gasteiger partial charge in [0, 0.05) is 17.8 Å². The van der Waals surface area contributed by atoms with Crippen molar-refractivity contribution in [3.8, 4) is 0 Å². The second-order valence-electron chi connectivity index (χ2n) is 11.6. The van der Waals surface area contributed by atoms with Gasteiger partial charge in [-0.25, -0.2) is 0 Å². The van der Waals surface area contributed by atoms with Gasteiger partial charge in [-0.2, -0.15) is 0 Å². The van der Waals surface area contributed by atoms with Crippen LogP contribution in [0.3, 0.4) is 0 Å². The second-order valence-corrected chi connectivity index (χ2v) is 11.6. The Hall–Kier alpha value is -0.410. The van der Waals surface area contributed by atoms with Crippen molar-refractivity contribution in [2.75, 3.05) is 13.2 Å². The molecule has 27 heavy (non-hydrogen) atoms. The number of fused-ring (bicyclic) bond motifs is 4. The minimum absolute atomic E-state index is 0.203. The number of carbonyl (C=O) groups excluding carboxylic acids is 1. The van der Waals surface area contributed by atoms with Gasteiger partial charge in [0.25, 0.3) is 0 Å². The summed E-state index contributed by atoms with van der Waals surface area (Å²) in [6.45, 7) is 8.87. The molecule has 3 nitrogen and oxygen atoms in total. The minimum atomic E-state index is -0.281. The molecule has 0 radical (unpaired) electrons. The highest BCUT2D eigenvalue weighted by molar-refractivity contribution is 5.53. The van der Waals surface area contributed by atoms with Crippen LogP contribution in [0.2, 0.25) is 0 Å². The lowest BCUT2D eigenvalue weighted by atomic mass is 9.44. The summed E-state index contributed by atoms with van der Waals surface area (Å²) in [5.41, 5.74) is 1.06. The van der Waals surface area contributed by atoms with Crippen LogP contribution in [0.15, 0.2) is 0 Å². The van der Waals surface area contributed by atoms with Crippen LogP contribution in [0.25, 0.3) is 0 Å². The van der Waals surface area contributed by atoms with Crippen LogP contribution >= 0.6 is 0 Å². The molecule has 0 aromatic carbocycles. The van der Waals surface area contributed by atoms with Crippen molar-refractivity contribution in [2.24, 2.45) is 51.8 Å². The Labute approximate surface area is 163 Å². The van der Waals surface area contributed by atoms with Gasteiger partial charge in [0.05, 0.1) is 13.2 Å². The molecule has 3 heteroatoms. The van der Waals surface area contributed by atoms with Crippen molar-refractivity contribution in [3.05, 3.63) is 0 Å². The van der Waals surface area contributed by atoms with E-state index in [1.165, 1.54) is 51.2 Å². The van der Waals surface area contributed by atoms with Crippen molar-refractivity contribution >= 4 is 6.29 Å². The maximum absolute atomic E-state index is 11.6. The molecule has 0 aromatic heterocycles. The Bertz CT molecular complexity index is 669. The van der Waals surface area contributed by atoms with Gasteiger partial charge < -0.3 is 14.3 Å². The molecule has 0 N–H and O–H groups in total. The molecule has 6 aliphatic rings. The molecule has 5 aliphatic carbocycles. The summed E-state index contributed by atoms with van der Waals surface area (Å²) in [5, 5.41) is 0. The van der Waals surface area contributed by atoms with Gasteiger partial charge in [0.1, 0.15) is 6.29 Å². The first-order chi connectivity index (χ1) is 12.9. The minimum Gasteiger partial charge on any atom is -0.347 e. The maximum Gasteiger partial charge on any atom is 0.175 e. The van der Waals surface area contributed by atoms with Crippen LogP contribution in [0.5, 0.6) is 0 Å². The van der Waals surface area contributed by atoms with Crippen molar-refractivity contribution in [1.82, 2.24) is 0 Å². The highest BCUT2D eigenvalue weighted by Crippen LogP contribution is 2.85.